The highest BCUT2D eigenvalue weighted by atomic mass is 16.5. The van der Waals surface area contributed by atoms with Gasteiger partial charge in [-0.2, -0.15) is 0 Å². The van der Waals surface area contributed by atoms with E-state index in [2.05, 4.69) is 26.1 Å². The van der Waals surface area contributed by atoms with Gasteiger partial charge in [0, 0.05) is 6.54 Å². The smallest absolute Gasteiger partial charge is 0.119 e. The molecule has 1 unspecified atom stereocenters. The van der Waals surface area contributed by atoms with E-state index in [1.165, 1.54) is 0 Å². The van der Waals surface area contributed by atoms with Gasteiger partial charge in [-0.3, -0.25) is 0 Å². The Morgan fingerprint density at radius 1 is 1.11 bits per heavy atom. The third kappa shape index (κ3) is 5.52. The van der Waals surface area contributed by atoms with Crippen LogP contribution >= 0.6 is 0 Å². The van der Waals surface area contributed by atoms with Crippen LogP contribution in [0.5, 0.6) is 11.5 Å². The summed E-state index contributed by atoms with van der Waals surface area (Å²) in [5, 5.41) is 3.43. The predicted molar refractivity (Wildman–Crippen MR) is 80.0 cm³/mol. The van der Waals surface area contributed by atoms with Crippen LogP contribution in [0.4, 0.5) is 0 Å². The van der Waals surface area contributed by atoms with E-state index in [1.807, 2.05) is 24.3 Å². The molecule has 3 nitrogen and oxygen atoms in total. The van der Waals surface area contributed by atoms with Gasteiger partial charge in [-0.15, -0.1) is 0 Å². The third-order valence-electron chi connectivity index (χ3n) is 3.69. The molecule has 0 aliphatic heterocycles. The average Bonchev–Trinajstić information content (AvgIpc) is 2.46. The minimum atomic E-state index is 0.308. The maximum absolute atomic E-state index is 5.80. The van der Waals surface area contributed by atoms with Gasteiger partial charge in [-0.05, 0) is 49.1 Å². The molecule has 1 N–H and O–H groups in total. The number of hydrogen-bond acceptors (Lipinski definition) is 3. The topological polar surface area (TPSA) is 30.5 Å². The predicted octanol–water partition coefficient (Wildman–Crippen LogP) is 3.49. The van der Waals surface area contributed by atoms with E-state index in [0.29, 0.717) is 5.41 Å². The summed E-state index contributed by atoms with van der Waals surface area (Å²) in [4.78, 5) is 0. The van der Waals surface area contributed by atoms with Crippen molar-refractivity contribution in [2.45, 2.75) is 33.6 Å². The van der Waals surface area contributed by atoms with Crippen LogP contribution in [0.1, 0.15) is 33.6 Å². The van der Waals surface area contributed by atoms with Crippen molar-refractivity contribution < 1.29 is 9.47 Å². The fourth-order valence-electron chi connectivity index (χ4n) is 1.90. The molecule has 0 heterocycles. The van der Waals surface area contributed by atoms with Crippen molar-refractivity contribution in [3.05, 3.63) is 24.3 Å². The van der Waals surface area contributed by atoms with Gasteiger partial charge in [-0.25, -0.2) is 0 Å². The van der Waals surface area contributed by atoms with Crippen LogP contribution in [0.25, 0.3) is 0 Å². The maximum Gasteiger partial charge on any atom is 0.119 e. The molecule has 0 aliphatic carbocycles. The van der Waals surface area contributed by atoms with E-state index in [0.717, 1.165) is 44.0 Å². The first-order valence-corrected chi connectivity index (χ1v) is 7.11. The van der Waals surface area contributed by atoms with Crippen molar-refractivity contribution in [2.75, 3.05) is 26.8 Å². The Morgan fingerprint density at radius 3 is 2.26 bits per heavy atom. The first kappa shape index (κ1) is 15.8. The second-order valence-electron chi connectivity index (χ2n) is 5.22. The minimum absolute atomic E-state index is 0.308. The molecular weight excluding hydrogens is 238 g/mol. The lowest BCUT2D eigenvalue weighted by molar-refractivity contribution is 0.200. The highest BCUT2D eigenvalue weighted by Gasteiger charge is 2.21. The molecule has 0 aromatic heterocycles. The quantitative estimate of drug-likeness (QED) is 0.741. The Bertz CT molecular complexity index is 350. The molecular formula is C16H27NO2. The summed E-state index contributed by atoms with van der Waals surface area (Å²) in [6.07, 6.45) is 2.22. The second kappa shape index (κ2) is 8.05. The summed E-state index contributed by atoms with van der Waals surface area (Å²) in [5.74, 6) is 1.76. The van der Waals surface area contributed by atoms with E-state index in [-0.39, 0.29) is 0 Å². The summed E-state index contributed by atoms with van der Waals surface area (Å²) in [6.45, 7) is 9.52. The number of rotatable bonds is 9. The Balaban J connectivity index is 2.38. The van der Waals surface area contributed by atoms with E-state index in [1.54, 1.807) is 7.11 Å². The number of ether oxygens (including phenoxy) is 2. The molecule has 0 saturated carbocycles. The largest absolute Gasteiger partial charge is 0.497 e. The Hall–Kier alpha value is -1.22. The maximum atomic E-state index is 5.80. The standard InChI is InChI=1S/C16H27NO2/c1-5-16(3,13-17-6-2)11-12-19-15-9-7-14(18-4)8-10-15/h7-10,17H,5-6,11-13H2,1-4H3. The van der Waals surface area contributed by atoms with Gasteiger partial charge >= 0.3 is 0 Å². The number of hydrogen-bond donors (Lipinski definition) is 1. The van der Waals surface area contributed by atoms with E-state index >= 15 is 0 Å². The van der Waals surface area contributed by atoms with Crippen LogP contribution in [0, 0.1) is 5.41 Å². The Morgan fingerprint density at radius 2 is 1.74 bits per heavy atom. The molecule has 1 aromatic carbocycles. The van der Waals surface area contributed by atoms with Gasteiger partial charge in [0.05, 0.1) is 13.7 Å². The highest BCUT2D eigenvalue weighted by Crippen LogP contribution is 2.25. The fourth-order valence-corrected chi connectivity index (χ4v) is 1.90. The lowest BCUT2D eigenvalue weighted by Crippen LogP contribution is -2.32. The summed E-state index contributed by atoms with van der Waals surface area (Å²) in [5.41, 5.74) is 0.308. The third-order valence-corrected chi connectivity index (χ3v) is 3.69. The van der Waals surface area contributed by atoms with Gasteiger partial charge in [0.2, 0.25) is 0 Å². The van der Waals surface area contributed by atoms with Gasteiger partial charge in [0.25, 0.3) is 0 Å². The van der Waals surface area contributed by atoms with Gasteiger partial charge in [0.15, 0.2) is 0 Å². The molecule has 0 spiro atoms. The molecule has 1 rings (SSSR count). The van der Waals surface area contributed by atoms with Crippen LogP contribution < -0.4 is 14.8 Å². The van der Waals surface area contributed by atoms with Crippen LogP contribution in [0.2, 0.25) is 0 Å². The molecule has 1 aromatic rings. The van der Waals surface area contributed by atoms with E-state index in [4.69, 9.17) is 9.47 Å². The first-order valence-electron chi connectivity index (χ1n) is 7.11. The summed E-state index contributed by atoms with van der Waals surface area (Å²) >= 11 is 0. The molecule has 108 valence electrons. The monoisotopic (exact) mass is 265 g/mol. The Labute approximate surface area is 117 Å². The van der Waals surface area contributed by atoms with Gasteiger partial charge in [-0.1, -0.05) is 20.8 Å². The molecule has 1 atom stereocenters. The van der Waals surface area contributed by atoms with Crippen LogP contribution in [-0.2, 0) is 0 Å². The second-order valence-corrected chi connectivity index (χ2v) is 5.22. The zero-order chi connectivity index (χ0) is 14.1. The zero-order valence-electron chi connectivity index (χ0n) is 12.7. The minimum Gasteiger partial charge on any atom is -0.497 e. The van der Waals surface area contributed by atoms with Crippen molar-refractivity contribution in [1.82, 2.24) is 5.32 Å². The molecule has 3 heteroatoms. The number of benzene rings is 1. The van der Waals surface area contributed by atoms with Crippen molar-refractivity contribution >= 4 is 0 Å². The highest BCUT2D eigenvalue weighted by molar-refractivity contribution is 5.31. The van der Waals surface area contributed by atoms with Crippen LogP contribution in [-0.4, -0.2) is 26.8 Å². The lowest BCUT2D eigenvalue weighted by atomic mass is 9.84. The summed E-state index contributed by atoms with van der Waals surface area (Å²) < 4.78 is 10.9. The van der Waals surface area contributed by atoms with Crippen molar-refractivity contribution in [1.29, 1.82) is 0 Å². The first-order chi connectivity index (χ1) is 9.13. The SMILES string of the molecule is CCNCC(C)(CC)CCOc1ccc(OC)cc1. The normalized spacial score (nSPS) is 13.9. The lowest BCUT2D eigenvalue weighted by Gasteiger charge is -2.28. The zero-order valence-corrected chi connectivity index (χ0v) is 12.7. The molecule has 0 radical (unpaired) electrons. The molecule has 0 bridgehead atoms. The summed E-state index contributed by atoms with van der Waals surface area (Å²) in [6, 6.07) is 7.75. The summed E-state index contributed by atoms with van der Waals surface area (Å²) in [7, 11) is 1.67. The molecule has 0 aliphatic rings. The van der Waals surface area contributed by atoms with Crippen LogP contribution in [0.3, 0.4) is 0 Å². The van der Waals surface area contributed by atoms with Crippen molar-refractivity contribution in [3.63, 3.8) is 0 Å². The van der Waals surface area contributed by atoms with E-state index in [9.17, 15) is 0 Å². The molecule has 0 fully saturated rings. The molecule has 19 heavy (non-hydrogen) atoms. The van der Waals surface area contributed by atoms with Crippen molar-refractivity contribution in [3.8, 4) is 11.5 Å². The van der Waals surface area contributed by atoms with Crippen LogP contribution in [0.15, 0.2) is 24.3 Å². The Kier molecular flexibility index (Phi) is 6.71. The van der Waals surface area contributed by atoms with Crippen molar-refractivity contribution in [2.24, 2.45) is 5.41 Å². The molecule has 0 saturated heterocycles. The average molecular weight is 265 g/mol. The van der Waals surface area contributed by atoms with Gasteiger partial charge < -0.3 is 14.8 Å². The van der Waals surface area contributed by atoms with Gasteiger partial charge in [0.1, 0.15) is 11.5 Å². The number of nitrogens with one attached hydrogen (secondary N) is 1. The number of methoxy groups -OCH3 is 1. The fraction of sp³-hybridized carbons (Fsp3) is 0.625. The van der Waals surface area contributed by atoms with E-state index < -0.39 is 0 Å². The molecule has 0 amide bonds.